The minimum Gasteiger partial charge on any atom is -0.114 e. The lowest BCUT2D eigenvalue weighted by Gasteiger charge is -2.60. The number of hydrogen-bond donors (Lipinski definition) is 0. The summed E-state index contributed by atoms with van der Waals surface area (Å²) in [5.41, 5.74) is 1.49. The molecule has 0 nitrogen and oxygen atoms in total. The molecule has 0 N–H and O–H groups in total. The van der Waals surface area contributed by atoms with Gasteiger partial charge in [0.1, 0.15) is 0 Å². The Kier molecular flexibility index (Phi) is 4.06. The Bertz CT molecular complexity index is 365. The Hall–Kier alpha value is 0.480. The molecule has 1 heteroatoms. The molecule has 0 saturated heterocycles. The second kappa shape index (κ2) is 5.28. The number of halogens is 1. The van der Waals surface area contributed by atoms with E-state index in [2.05, 4.69) is 13.8 Å². The molecule has 4 rings (SSSR count). The molecule has 4 aliphatic rings. The van der Waals surface area contributed by atoms with E-state index in [4.69, 9.17) is 0 Å². The van der Waals surface area contributed by atoms with Gasteiger partial charge in [-0.2, -0.15) is 0 Å². The Balaban J connectivity index is 0.00000121. The normalized spacial score (nSPS) is 54.3. The van der Waals surface area contributed by atoms with Crippen molar-refractivity contribution in [2.45, 2.75) is 84.5 Å². The van der Waals surface area contributed by atoms with Gasteiger partial charge >= 0.3 is 0 Å². The molecule has 0 heterocycles. The van der Waals surface area contributed by atoms with E-state index in [0.717, 1.165) is 34.5 Å². The van der Waals surface area contributed by atoms with Crippen molar-refractivity contribution in [3.8, 4) is 0 Å². The fourth-order valence-electron chi connectivity index (χ4n) is 7.29. The maximum Gasteiger partial charge on any atom is -0.0266 e. The second-order valence-corrected chi connectivity index (χ2v) is 8.99. The summed E-state index contributed by atoms with van der Waals surface area (Å²) in [6, 6.07) is 0. The monoisotopic (exact) mass is 340 g/mol. The van der Waals surface area contributed by atoms with Crippen molar-refractivity contribution in [1.82, 2.24) is 0 Å². The predicted molar refractivity (Wildman–Crippen MR) is 91.3 cm³/mol. The zero-order valence-corrected chi connectivity index (χ0v) is 15.2. The van der Waals surface area contributed by atoms with Crippen molar-refractivity contribution in [1.29, 1.82) is 0 Å². The Morgan fingerprint density at radius 3 is 2.40 bits per heavy atom. The highest BCUT2D eigenvalue weighted by molar-refractivity contribution is 8.93. The summed E-state index contributed by atoms with van der Waals surface area (Å²) in [6.45, 7) is 5.33. The largest absolute Gasteiger partial charge is 0.114 e. The van der Waals surface area contributed by atoms with E-state index in [1.165, 1.54) is 19.3 Å². The molecule has 0 aromatic carbocycles. The van der Waals surface area contributed by atoms with Crippen LogP contribution in [0, 0.1) is 34.5 Å². The zero-order chi connectivity index (χ0) is 13.1. The predicted octanol–water partition coefficient (Wildman–Crippen LogP) is 6.39. The number of rotatable bonds is 0. The zero-order valence-electron chi connectivity index (χ0n) is 13.5. The highest BCUT2D eigenvalue weighted by Crippen LogP contribution is 2.66. The van der Waals surface area contributed by atoms with Crippen LogP contribution in [-0.2, 0) is 0 Å². The van der Waals surface area contributed by atoms with Crippen molar-refractivity contribution >= 4 is 17.0 Å². The van der Waals surface area contributed by atoms with Gasteiger partial charge in [0, 0.05) is 0 Å². The minimum absolute atomic E-state index is 0. The van der Waals surface area contributed by atoms with Gasteiger partial charge in [-0.05, 0) is 85.9 Å². The highest BCUT2D eigenvalue weighted by atomic mass is 79.9. The fourth-order valence-corrected chi connectivity index (χ4v) is 7.29. The van der Waals surface area contributed by atoms with E-state index >= 15 is 0 Å². The van der Waals surface area contributed by atoms with Crippen LogP contribution in [0.25, 0.3) is 0 Å². The number of fused-ring (bicyclic) bond motifs is 5. The number of hydrogen-bond acceptors (Lipinski definition) is 0. The maximum absolute atomic E-state index is 2.70. The van der Waals surface area contributed by atoms with E-state index in [9.17, 15) is 0 Å². The molecule has 116 valence electrons. The minimum atomic E-state index is 0. The quantitative estimate of drug-likeness (QED) is 0.479. The van der Waals surface area contributed by atoms with Crippen LogP contribution < -0.4 is 0 Å². The molecule has 0 aliphatic heterocycles. The van der Waals surface area contributed by atoms with E-state index in [-0.39, 0.29) is 17.0 Å². The van der Waals surface area contributed by atoms with Crippen molar-refractivity contribution in [2.75, 3.05) is 0 Å². The molecular weight excluding hydrogens is 308 g/mol. The average Bonchev–Trinajstić information content (AvgIpc) is 2.79. The summed E-state index contributed by atoms with van der Waals surface area (Å²) in [4.78, 5) is 0. The van der Waals surface area contributed by atoms with Crippen LogP contribution in [0.1, 0.15) is 84.5 Å². The molecular formula is C19H33Br. The molecule has 20 heavy (non-hydrogen) atoms. The lowest BCUT2D eigenvalue weighted by atomic mass is 9.45. The Labute approximate surface area is 136 Å². The topological polar surface area (TPSA) is 0 Å². The third-order valence-corrected chi connectivity index (χ3v) is 8.36. The Morgan fingerprint density at radius 1 is 0.700 bits per heavy atom. The van der Waals surface area contributed by atoms with Gasteiger partial charge in [0.15, 0.2) is 0 Å². The van der Waals surface area contributed by atoms with Gasteiger partial charge in [-0.3, -0.25) is 0 Å². The first-order valence-corrected chi connectivity index (χ1v) is 9.13. The third-order valence-electron chi connectivity index (χ3n) is 8.36. The van der Waals surface area contributed by atoms with Gasteiger partial charge in [0.2, 0.25) is 0 Å². The molecule has 0 aromatic rings. The lowest BCUT2D eigenvalue weighted by Crippen LogP contribution is -2.51. The summed E-state index contributed by atoms with van der Waals surface area (Å²) >= 11 is 0. The molecule has 4 aliphatic carbocycles. The molecule has 0 radical (unpaired) electrons. The van der Waals surface area contributed by atoms with Crippen LogP contribution in [0.3, 0.4) is 0 Å². The lowest BCUT2D eigenvalue weighted by molar-refractivity contribution is -0.103. The Morgan fingerprint density at radius 2 is 1.55 bits per heavy atom. The van der Waals surface area contributed by atoms with Crippen LogP contribution in [0.5, 0.6) is 0 Å². The van der Waals surface area contributed by atoms with Gasteiger partial charge in [0.05, 0.1) is 0 Å². The third kappa shape index (κ3) is 2.05. The molecule has 0 bridgehead atoms. The summed E-state index contributed by atoms with van der Waals surface area (Å²) in [5, 5.41) is 0. The van der Waals surface area contributed by atoms with E-state index < -0.39 is 0 Å². The molecule has 0 aromatic heterocycles. The summed E-state index contributed by atoms with van der Waals surface area (Å²) in [7, 11) is 0. The molecule has 6 atom stereocenters. The smallest absolute Gasteiger partial charge is 0.0266 e. The maximum atomic E-state index is 2.70. The van der Waals surface area contributed by atoms with Crippen LogP contribution >= 0.6 is 17.0 Å². The van der Waals surface area contributed by atoms with Crippen molar-refractivity contribution in [2.24, 2.45) is 34.5 Å². The van der Waals surface area contributed by atoms with Gasteiger partial charge in [0.25, 0.3) is 0 Å². The molecule has 4 saturated carbocycles. The van der Waals surface area contributed by atoms with Gasteiger partial charge in [-0.1, -0.05) is 33.1 Å². The second-order valence-electron chi connectivity index (χ2n) is 8.99. The standard InChI is InChI=1S/C19H32.BrH/c1-18-11-5-7-16(18)15-9-8-14-6-3-4-12-19(14,2)17(15)10-13-18;/h14-17H,3-13H2,1-2H3;1H/t14-,15+,16+,17+,18+,19+;/m1./s1. The summed E-state index contributed by atoms with van der Waals surface area (Å²) in [5.74, 6) is 4.41. The first kappa shape index (κ1) is 15.4. The van der Waals surface area contributed by atoms with Crippen LogP contribution in [0.4, 0.5) is 0 Å². The van der Waals surface area contributed by atoms with Gasteiger partial charge in [-0.15, -0.1) is 17.0 Å². The SMILES string of the molecule is Br.C[C@@]12CCC[C@H]1[C@@H]1CC[C@H]3CCCC[C@]3(C)[C@H]1CC2. The first-order chi connectivity index (χ1) is 9.13. The summed E-state index contributed by atoms with van der Waals surface area (Å²) in [6.07, 6.45) is 17.1. The molecule has 4 fully saturated rings. The van der Waals surface area contributed by atoms with Crippen LogP contribution in [0.2, 0.25) is 0 Å². The highest BCUT2D eigenvalue weighted by Gasteiger charge is 2.56. The average molecular weight is 341 g/mol. The van der Waals surface area contributed by atoms with Crippen molar-refractivity contribution in [3.05, 3.63) is 0 Å². The van der Waals surface area contributed by atoms with Gasteiger partial charge < -0.3 is 0 Å². The van der Waals surface area contributed by atoms with Crippen molar-refractivity contribution < 1.29 is 0 Å². The van der Waals surface area contributed by atoms with Crippen LogP contribution in [0.15, 0.2) is 0 Å². The van der Waals surface area contributed by atoms with Crippen molar-refractivity contribution in [3.63, 3.8) is 0 Å². The van der Waals surface area contributed by atoms with Crippen LogP contribution in [-0.4, -0.2) is 0 Å². The van der Waals surface area contributed by atoms with Gasteiger partial charge in [-0.25, -0.2) is 0 Å². The molecule has 0 amide bonds. The summed E-state index contributed by atoms with van der Waals surface area (Å²) < 4.78 is 0. The van der Waals surface area contributed by atoms with E-state index in [1.807, 2.05) is 0 Å². The van der Waals surface area contributed by atoms with E-state index in [1.54, 1.807) is 51.4 Å². The molecule has 0 spiro atoms. The first-order valence-electron chi connectivity index (χ1n) is 9.13. The molecule has 0 unspecified atom stereocenters. The fraction of sp³-hybridized carbons (Fsp3) is 1.00. The van der Waals surface area contributed by atoms with E-state index in [0.29, 0.717) is 0 Å².